The van der Waals surface area contributed by atoms with Gasteiger partial charge >= 0.3 is 11.9 Å². The molecular weight excluding hydrogens is 448 g/mol. The van der Waals surface area contributed by atoms with Crippen LogP contribution >= 0.6 is 0 Å². The molecule has 0 spiro atoms. The lowest BCUT2D eigenvalue weighted by molar-refractivity contribution is -0.319. The third-order valence-corrected chi connectivity index (χ3v) is 8.94. The Balaban J connectivity index is 1.99. The van der Waals surface area contributed by atoms with Crippen molar-refractivity contribution in [3.05, 3.63) is 23.7 Å². The second-order valence-electron chi connectivity index (χ2n) is 10.4. The fourth-order valence-corrected chi connectivity index (χ4v) is 7.08. The molecule has 0 amide bonds. The summed E-state index contributed by atoms with van der Waals surface area (Å²) in [6, 6.07) is 1.76. The van der Waals surface area contributed by atoms with Gasteiger partial charge in [-0.15, -0.1) is 0 Å². The largest absolute Gasteiger partial charge is 0.468 e. The number of Topliss-reactive ketones (excluding diaryl/α,β-unsaturated/α-hetero) is 1. The summed E-state index contributed by atoms with van der Waals surface area (Å²) in [6.45, 7) is 4.23. The van der Waals surface area contributed by atoms with E-state index in [0.717, 1.165) is 19.4 Å². The minimum atomic E-state index is -2.40. The van der Waals surface area contributed by atoms with Crippen LogP contribution in [-0.4, -0.2) is 75.3 Å². The molecule has 1 heterocycles. The van der Waals surface area contributed by atoms with E-state index in [1.165, 1.54) is 6.26 Å². The third-order valence-electron chi connectivity index (χ3n) is 8.94. The summed E-state index contributed by atoms with van der Waals surface area (Å²) in [5.41, 5.74) is -6.12. The zero-order chi connectivity index (χ0) is 25.3. The van der Waals surface area contributed by atoms with Crippen LogP contribution in [0.5, 0.6) is 0 Å². The molecule has 0 saturated heterocycles. The van der Waals surface area contributed by atoms with Crippen molar-refractivity contribution in [3.8, 4) is 0 Å². The minimum absolute atomic E-state index is 0.304. The van der Waals surface area contributed by atoms with Crippen molar-refractivity contribution in [3.63, 3.8) is 0 Å². The summed E-state index contributed by atoms with van der Waals surface area (Å²) in [4.78, 5) is 37.5. The van der Waals surface area contributed by atoms with E-state index in [2.05, 4.69) is 0 Å². The lowest BCUT2D eigenvalue weighted by Crippen LogP contribution is -2.82. The molecule has 3 aliphatic rings. The molecule has 0 radical (unpaired) electrons. The highest BCUT2D eigenvalue weighted by atomic mass is 16.6. The maximum absolute atomic E-state index is 14.1. The molecule has 3 aliphatic carbocycles. The maximum Gasteiger partial charge on any atom is 0.302 e. The van der Waals surface area contributed by atoms with Crippen molar-refractivity contribution in [1.29, 1.82) is 0 Å². The van der Waals surface area contributed by atoms with Crippen LogP contribution < -0.4 is 0 Å². The predicted molar refractivity (Wildman–Crippen MR) is 114 cm³/mol. The molecule has 2 fully saturated rings. The van der Waals surface area contributed by atoms with Gasteiger partial charge in [-0.05, 0) is 36.8 Å². The number of aliphatic hydroxyl groups is 4. The number of hydrogen-bond acceptors (Lipinski definition) is 10. The lowest BCUT2D eigenvalue weighted by Gasteiger charge is -2.69. The SMILES string of the molecule is CC(=O)OC[C@@]12[C@@H](O)C(=O)[C@@]3(C)c4occc4CC[C@]3(C)[C@H]1[C@@H](O)C[C@@H](O)[C@]2(O)COC(C)=O. The van der Waals surface area contributed by atoms with Crippen molar-refractivity contribution in [2.75, 3.05) is 13.2 Å². The highest BCUT2D eigenvalue weighted by Gasteiger charge is 2.80. The Morgan fingerprint density at radius 3 is 2.35 bits per heavy atom. The summed E-state index contributed by atoms with van der Waals surface area (Å²) in [5, 5.41) is 45.9. The van der Waals surface area contributed by atoms with Crippen molar-refractivity contribution in [1.82, 2.24) is 0 Å². The Hall–Kier alpha value is -2.27. The maximum atomic E-state index is 14.1. The van der Waals surface area contributed by atoms with Gasteiger partial charge in [0.2, 0.25) is 0 Å². The Bertz CT molecular complexity index is 1020. The van der Waals surface area contributed by atoms with Gasteiger partial charge < -0.3 is 34.3 Å². The Morgan fingerprint density at radius 2 is 1.74 bits per heavy atom. The third kappa shape index (κ3) is 2.92. The summed E-state index contributed by atoms with van der Waals surface area (Å²) >= 11 is 0. The van der Waals surface area contributed by atoms with Crippen LogP contribution in [0.25, 0.3) is 0 Å². The quantitative estimate of drug-likeness (QED) is 0.432. The predicted octanol–water partition coefficient (Wildman–Crippen LogP) is 0.0188. The van der Waals surface area contributed by atoms with Gasteiger partial charge in [0.1, 0.15) is 30.7 Å². The van der Waals surface area contributed by atoms with Crippen molar-refractivity contribution < 1.29 is 48.7 Å². The molecule has 0 unspecified atom stereocenters. The average molecular weight is 481 g/mol. The van der Waals surface area contributed by atoms with E-state index in [9.17, 15) is 34.8 Å². The molecule has 1 aromatic rings. The molecule has 10 heteroatoms. The number of carbonyl (C=O) groups is 3. The van der Waals surface area contributed by atoms with Gasteiger partial charge in [-0.1, -0.05) is 6.92 Å². The van der Waals surface area contributed by atoms with E-state index in [-0.39, 0.29) is 6.42 Å². The Labute approximate surface area is 196 Å². The van der Waals surface area contributed by atoms with Crippen LogP contribution in [0, 0.1) is 16.7 Å². The first-order valence-corrected chi connectivity index (χ1v) is 11.4. The minimum Gasteiger partial charge on any atom is -0.468 e. The molecule has 2 saturated carbocycles. The van der Waals surface area contributed by atoms with Crippen LogP contribution in [0.15, 0.2) is 16.7 Å². The van der Waals surface area contributed by atoms with Crippen LogP contribution in [0.3, 0.4) is 0 Å². The number of ether oxygens (including phenoxy) is 2. The van der Waals surface area contributed by atoms with Gasteiger partial charge in [0.25, 0.3) is 0 Å². The zero-order valence-corrected chi connectivity index (χ0v) is 19.7. The first kappa shape index (κ1) is 24.8. The van der Waals surface area contributed by atoms with Crippen molar-refractivity contribution in [2.24, 2.45) is 16.7 Å². The van der Waals surface area contributed by atoms with E-state index in [0.29, 0.717) is 18.6 Å². The van der Waals surface area contributed by atoms with Gasteiger partial charge in [0.15, 0.2) is 5.78 Å². The average Bonchev–Trinajstić information content (AvgIpc) is 3.24. The molecular formula is C24H32O10. The molecule has 0 aliphatic heterocycles. The Kier molecular flexibility index (Phi) is 5.75. The number of aryl methyl sites for hydroxylation is 1. The number of ketones is 1. The molecule has 8 atom stereocenters. The van der Waals surface area contributed by atoms with Crippen LogP contribution in [0.1, 0.15) is 51.9 Å². The van der Waals surface area contributed by atoms with Gasteiger partial charge in [-0.2, -0.15) is 0 Å². The van der Waals surface area contributed by atoms with E-state index < -0.39 is 77.0 Å². The number of fused-ring (bicyclic) bond motifs is 5. The smallest absolute Gasteiger partial charge is 0.302 e. The molecule has 0 bridgehead atoms. The highest BCUT2D eigenvalue weighted by Crippen LogP contribution is 2.69. The summed E-state index contributed by atoms with van der Waals surface area (Å²) in [7, 11) is 0. The van der Waals surface area contributed by atoms with Gasteiger partial charge in [0.05, 0.1) is 29.3 Å². The number of furan rings is 1. The van der Waals surface area contributed by atoms with Crippen LogP contribution in [-0.2, 0) is 35.7 Å². The monoisotopic (exact) mass is 480 g/mol. The van der Waals surface area contributed by atoms with Crippen LogP contribution in [0.2, 0.25) is 0 Å². The summed E-state index contributed by atoms with van der Waals surface area (Å²) in [6.07, 6.45) is -2.89. The molecule has 0 aromatic carbocycles. The van der Waals surface area contributed by atoms with E-state index >= 15 is 0 Å². The standard InChI is InChI=1S/C24H32O10/c1-12(25)33-10-23-17(15(27)9-16(28)24(23,31)11-34-13(2)26)21(3)7-5-14-6-8-32-20(14)22(21,4)18(29)19(23)30/h6,8,15-17,19,27-28,30-31H,5,7,9-11H2,1-4H3/t15-,16+,17+,19-,21+,22-,23-,24+/m0/s1. The molecule has 188 valence electrons. The lowest BCUT2D eigenvalue weighted by atomic mass is 9.35. The number of rotatable bonds is 4. The van der Waals surface area contributed by atoms with E-state index in [4.69, 9.17) is 13.9 Å². The number of aliphatic hydroxyl groups excluding tert-OH is 3. The van der Waals surface area contributed by atoms with E-state index in [1.54, 1.807) is 19.9 Å². The number of esters is 2. The second kappa shape index (κ2) is 7.87. The molecule has 10 nitrogen and oxygen atoms in total. The summed E-state index contributed by atoms with van der Waals surface area (Å²) in [5.74, 6) is -2.85. The molecule has 4 rings (SSSR count). The molecule has 4 N–H and O–H groups in total. The van der Waals surface area contributed by atoms with Gasteiger partial charge in [-0.25, -0.2) is 0 Å². The van der Waals surface area contributed by atoms with Crippen molar-refractivity contribution in [2.45, 2.75) is 76.3 Å². The zero-order valence-electron chi connectivity index (χ0n) is 19.7. The van der Waals surface area contributed by atoms with Crippen LogP contribution in [0.4, 0.5) is 0 Å². The first-order valence-electron chi connectivity index (χ1n) is 11.4. The Morgan fingerprint density at radius 1 is 1.12 bits per heavy atom. The molecule has 1 aromatic heterocycles. The number of hydrogen-bond donors (Lipinski definition) is 4. The number of carbonyl (C=O) groups excluding carboxylic acids is 3. The second-order valence-corrected chi connectivity index (χ2v) is 10.4. The van der Waals surface area contributed by atoms with Gasteiger partial charge in [0, 0.05) is 26.2 Å². The van der Waals surface area contributed by atoms with Gasteiger partial charge in [-0.3, -0.25) is 14.4 Å². The van der Waals surface area contributed by atoms with Crippen molar-refractivity contribution >= 4 is 17.7 Å². The molecule has 34 heavy (non-hydrogen) atoms. The fourth-order valence-electron chi connectivity index (χ4n) is 7.08. The normalized spacial score (nSPS) is 43.4. The first-order chi connectivity index (χ1) is 15.8. The highest BCUT2D eigenvalue weighted by molar-refractivity contribution is 5.96. The fraction of sp³-hybridized carbons (Fsp3) is 0.708. The summed E-state index contributed by atoms with van der Waals surface area (Å²) < 4.78 is 16.1. The topological polar surface area (TPSA) is 164 Å². The van der Waals surface area contributed by atoms with E-state index in [1.807, 2.05) is 0 Å².